The van der Waals surface area contributed by atoms with E-state index in [1.165, 1.54) is 15.9 Å². The highest BCUT2D eigenvalue weighted by molar-refractivity contribution is 9.10. The predicted octanol–water partition coefficient (Wildman–Crippen LogP) is 5.47. The number of carbonyl (C=O) groups is 1. The molecule has 0 atom stereocenters. The van der Waals surface area contributed by atoms with Crippen LogP contribution in [-0.2, 0) is 4.79 Å². The van der Waals surface area contributed by atoms with Crippen molar-refractivity contribution in [2.24, 2.45) is 0 Å². The molecule has 0 fully saturated rings. The van der Waals surface area contributed by atoms with Crippen molar-refractivity contribution in [2.45, 2.75) is 6.92 Å². The van der Waals surface area contributed by atoms with Gasteiger partial charge in [0.25, 0.3) is 0 Å². The molecule has 1 nitrogen and oxygen atoms in total. The van der Waals surface area contributed by atoms with Crippen molar-refractivity contribution < 1.29 is 4.79 Å². The fraction of sp³-hybridized carbons (Fsp3) is 0.0370. The molecule has 0 aliphatic heterocycles. The van der Waals surface area contributed by atoms with Crippen molar-refractivity contribution in [3.8, 4) is 0 Å². The lowest BCUT2D eigenvalue weighted by molar-refractivity contribution is -0.102. The normalized spacial score (nSPS) is 11.1. The Hall–Kier alpha value is -2.67. The van der Waals surface area contributed by atoms with E-state index in [1.54, 1.807) is 0 Å². The van der Waals surface area contributed by atoms with Crippen molar-refractivity contribution in [3.05, 3.63) is 125 Å². The molecule has 0 aliphatic rings. The van der Waals surface area contributed by atoms with Gasteiger partial charge in [0.1, 0.15) is 0 Å². The molecule has 148 valence electrons. The summed E-state index contributed by atoms with van der Waals surface area (Å²) in [6.07, 6.45) is 1.07. The zero-order valence-electron chi connectivity index (χ0n) is 16.7. The third-order valence-electron chi connectivity index (χ3n) is 5.36. The summed E-state index contributed by atoms with van der Waals surface area (Å²) < 4.78 is 1.04. The minimum atomic E-state index is -2.39. The Morgan fingerprint density at radius 2 is 1.13 bits per heavy atom. The molecule has 3 heteroatoms. The van der Waals surface area contributed by atoms with Crippen molar-refractivity contribution in [3.63, 3.8) is 0 Å². The van der Waals surface area contributed by atoms with Gasteiger partial charge in [0, 0.05) is 9.77 Å². The molecule has 0 N–H and O–H groups in total. The monoisotopic (exact) mass is 472 g/mol. The molecule has 4 aromatic carbocycles. The number of rotatable bonds is 5. The summed E-state index contributed by atoms with van der Waals surface area (Å²) in [6.45, 7) is -0.328. The van der Waals surface area contributed by atoms with Gasteiger partial charge in [-0.3, -0.25) is 4.79 Å². The summed E-state index contributed by atoms with van der Waals surface area (Å²) in [5.74, 6) is 0. The highest BCUT2D eigenvalue weighted by Crippen LogP contribution is 2.47. The van der Waals surface area contributed by atoms with Crippen LogP contribution in [0.15, 0.2) is 114 Å². The lowest BCUT2D eigenvalue weighted by atomic mass is 10.1. The first kappa shape index (κ1) is 20.6. The quantitative estimate of drug-likeness (QED) is 0.278. The molecule has 30 heavy (non-hydrogen) atoms. The van der Waals surface area contributed by atoms with Gasteiger partial charge in [-0.1, -0.05) is 119 Å². The van der Waals surface area contributed by atoms with Gasteiger partial charge in [-0.25, -0.2) is 0 Å². The summed E-state index contributed by atoms with van der Waals surface area (Å²) in [4.78, 5) is 12.8. The van der Waals surface area contributed by atoms with Gasteiger partial charge in [-0.05, 0) is 46.9 Å². The third-order valence-corrected chi connectivity index (χ3v) is 10.6. The van der Waals surface area contributed by atoms with Crippen molar-refractivity contribution in [1.82, 2.24) is 0 Å². The van der Waals surface area contributed by atoms with Crippen LogP contribution in [0.4, 0.5) is 0 Å². The van der Waals surface area contributed by atoms with E-state index in [9.17, 15) is 4.79 Å². The Kier molecular flexibility index (Phi) is 6.18. The fourth-order valence-corrected chi connectivity index (χ4v) is 8.48. The maximum absolute atomic E-state index is 12.8. The van der Waals surface area contributed by atoms with E-state index in [2.05, 4.69) is 102 Å². The molecule has 0 unspecified atom stereocenters. The maximum atomic E-state index is 12.8. The van der Waals surface area contributed by atoms with E-state index in [-0.39, 0.29) is 0 Å². The van der Waals surface area contributed by atoms with Gasteiger partial charge in [-0.2, -0.15) is 0 Å². The number of benzene rings is 4. The Balaban J connectivity index is 2.26. The number of carbonyl (C=O) groups excluding carboxylic acids is 1. The van der Waals surface area contributed by atoms with Crippen LogP contribution in [0.1, 0.15) is 11.1 Å². The number of halogens is 1. The van der Waals surface area contributed by atoms with Gasteiger partial charge in [0.15, 0.2) is 6.29 Å². The minimum absolute atomic E-state index is 0.835. The molecule has 0 radical (unpaired) electrons. The van der Waals surface area contributed by atoms with Crippen LogP contribution in [-0.4, -0.2) is 11.6 Å². The van der Waals surface area contributed by atoms with Gasteiger partial charge in [-0.15, -0.1) is 0 Å². The largest absolute Gasteiger partial charge is 0.298 e. The van der Waals surface area contributed by atoms with Crippen LogP contribution >= 0.6 is 22.8 Å². The number of hydrogen-bond acceptors (Lipinski definition) is 1. The Labute approximate surface area is 186 Å². The van der Waals surface area contributed by atoms with Crippen molar-refractivity contribution >= 4 is 50.3 Å². The van der Waals surface area contributed by atoms with Gasteiger partial charge in [0.2, 0.25) is 0 Å². The smallest absolute Gasteiger partial charge is 0.151 e. The van der Waals surface area contributed by atoms with Gasteiger partial charge < -0.3 is 0 Å². The summed E-state index contributed by atoms with van der Waals surface area (Å²) in [7, 11) is 0. The first-order chi connectivity index (χ1) is 14.7. The molecule has 0 aliphatic carbocycles. The van der Waals surface area contributed by atoms with E-state index in [0.29, 0.717) is 0 Å². The molecule has 0 bridgehead atoms. The molecule has 0 saturated heterocycles. The van der Waals surface area contributed by atoms with Crippen LogP contribution in [0.3, 0.4) is 0 Å². The molecule has 0 saturated carbocycles. The second-order valence-corrected chi connectivity index (χ2v) is 11.4. The maximum Gasteiger partial charge on any atom is 0.151 e. The molecule has 4 rings (SSSR count). The Morgan fingerprint density at radius 1 is 0.700 bits per heavy atom. The lowest BCUT2D eigenvalue weighted by Crippen LogP contribution is -2.31. The van der Waals surface area contributed by atoms with E-state index < -0.39 is 6.89 Å². The predicted molar refractivity (Wildman–Crippen MR) is 134 cm³/mol. The number of aryl methyl sites for hydroxylation is 1. The number of aldehydes is 1. The fourth-order valence-electron chi connectivity index (χ4n) is 3.96. The van der Waals surface area contributed by atoms with E-state index in [0.717, 1.165) is 27.2 Å². The van der Waals surface area contributed by atoms with E-state index in [1.807, 2.05) is 30.3 Å². The second-order valence-electron chi connectivity index (χ2n) is 7.14. The van der Waals surface area contributed by atoms with Crippen LogP contribution in [0.2, 0.25) is 0 Å². The summed E-state index contributed by atoms with van der Waals surface area (Å²) in [5, 5.41) is 4.35. The summed E-state index contributed by atoms with van der Waals surface area (Å²) >= 11 is 3.60. The zero-order valence-corrected chi connectivity index (χ0v) is 19.2. The van der Waals surface area contributed by atoms with Crippen molar-refractivity contribution in [1.29, 1.82) is 0 Å². The molecule has 4 aromatic rings. The highest BCUT2D eigenvalue weighted by atomic mass is 79.9. The van der Waals surface area contributed by atoms with Crippen LogP contribution in [0, 0.1) is 6.92 Å². The Morgan fingerprint density at radius 3 is 1.50 bits per heavy atom. The molecular formula is C27H22BrOP. The van der Waals surface area contributed by atoms with Gasteiger partial charge >= 0.3 is 0 Å². The zero-order chi connectivity index (χ0) is 21.0. The van der Waals surface area contributed by atoms with E-state index in [4.69, 9.17) is 0 Å². The summed E-state index contributed by atoms with van der Waals surface area (Å²) in [6, 6.07) is 37.6. The molecule has 0 aromatic heterocycles. The average Bonchev–Trinajstić information content (AvgIpc) is 2.81. The standard InChI is InChI=1S/C27H22BrOP/c1-21-19-22(17-18-26(21)28)27(20-29)30(23-11-5-2-6-12-23,24-13-7-3-8-14-24)25-15-9-4-10-16-25/h2-20H,1H3. The summed E-state index contributed by atoms with van der Waals surface area (Å²) in [5.41, 5.74) is 2.08. The topological polar surface area (TPSA) is 17.1 Å². The van der Waals surface area contributed by atoms with Crippen LogP contribution < -0.4 is 15.9 Å². The average molecular weight is 473 g/mol. The first-order valence-corrected chi connectivity index (χ1v) is 12.4. The first-order valence-electron chi connectivity index (χ1n) is 9.83. The SMILES string of the molecule is Cc1cc(C(C=O)=P(c2ccccc2)(c2ccccc2)c2ccccc2)ccc1Br. The van der Waals surface area contributed by atoms with Crippen molar-refractivity contribution in [2.75, 3.05) is 0 Å². The number of hydrogen-bond donors (Lipinski definition) is 0. The van der Waals surface area contributed by atoms with Crippen LogP contribution in [0.5, 0.6) is 0 Å². The lowest BCUT2D eigenvalue weighted by Gasteiger charge is -2.31. The van der Waals surface area contributed by atoms with Gasteiger partial charge in [0.05, 0.1) is 0 Å². The molecule has 0 spiro atoms. The second kappa shape index (κ2) is 9.00. The minimum Gasteiger partial charge on any atom is -0.298 e. The molecule has 0 amide bonds. The van der Waals surface area contributed by atoms with Crippen LogP contribution in [0.25, 0.3) is 0 Å². The van der Waals surface area contributed by atoms with E-state index >= 15 is 0 Å². The Bertz CT molecular complexity index is 1110. The molecule has 0 heterocycles. The molecular weight excluding hydrogens is 451 g/mol. The third kappa shape index (κ3) is 3.62. The highest BCUT2D eigenvalue weighted by Gasteiger charge is 2.30.